The maximum atomic E-state index is 4.74. The van der Waals surface area contributed by atoms with Gasteiger partial charge in [-0.25, -0.2) is 4.98 Å². The van der Waals surface area contributed by atoms with Crippen LogP contribution in [0.4, 0.5) is 0 Å². The molecule has 2 aromatic rings. The number of thiazole rings is 1. The molecule has 15 heavy (non-hydrogen) atoms. The first-order valence-electron chi connectivity index (χ1n) is 5.35. The zero-order valence-corrected chi connectivity index (χ0v) is 9.60. The number of nitrogens with one attached hydrogen (secondary N) is 1. The number of rotatable bonds is 3. The number of benzene rings is 1. The fourth-order valence-corrected chi connectivity index (χ4v) is 3.26. The van der Waals surface area contributed by atoms with E-state index in [1.807, 2.05) is 18.4 Å². The Labute approximate surface area is 93.3 Å². The molecule has 0 atom stereocenters. The van der Waals surface area contributed by atoms with Gasteiger partial charge in [0.15, 0.2) is 0 Å². The minimum Gasteiger partial charge on any atom is -0.319 e. The summed E-state index contributed by atoms with van der Waals surface area (Å²) in [6.45, 7) is 1.06. The van der Waals surface area contributed by atoms with Crippen LogP contribution in [-0.2, 0) is 5.41 Å². The van der Waals surface area contributed by atoms with Crippen molar-refractivity contribution in [3.63, 3.8) is 0 Å². The quantitative estimate of drug-likeness (QED) is 0.856. The van der Waals surface area contributed by atoms with Crippen LogP contribution in [0, 0.1) is 0 Å². The predicted octanol–water partition coefficient (Wildman–Crippen LogP) is 2.55. The van der Waals surface area contributed by atoms with Gasteiger partial charge >= 0.3 is 0 Å². The standard InChI is InChI=1S/C12H14N2S/c1-13-8-12(6-7-12)11-14-9-4-2-3-5-10(9)15-11/h2-5,13H,6-8H2,1H3. The van der Waals surface area contributed by atoms with Gasteiger partial charge in [0, 0.05) is 12.0 Å². The van der Waals surface area contributed by atoms with Crippen LogP contribution < -0.4 is 5.32 Å². The van der Waals surface area contributed by atoms with E-state index in [1.165, 1.54) is 22.5 Å². The fraction of sp³-hybridized carbons (Fsp3) is 0.417. The largest absolute Gasteiger partial charge is 0.319 e. The Morgan fingerprint density at radius 3 is 2.87 bits per heavy atom. The van der Waals surface area contributed by atoms with Gasteiger partial charge in [0.25, 0.3) is 0 Å². The molecule has 1 aromatic heterocycles. The second-order valence-corrected chi connectivity index (χ2v) is 5.33. The molecule has 1 fully saturated rings. The molecule has 1 saturated carbocycles. The molecule has 0 aliphatic heterocycles. The van der Waals surface area contributed by atoms with Gasteiger partial charge in [0.05, 0.1) is 10.2 Å². The minimum absolute atomic E-state index is 0.360. The molecule has 1 aliphatic rings. The molecule has 2 nitrogen and oxygen atoms in total. The van der Waals surface area contributed by atoms with Crippen LogP contribution in [0.5, 0.6) is 0 Å². The Balaban J connectivity index is 2.05. The Kier molecular flexibility index (Phi) is 2.04. The second kappa shape index (κ2) is 3.29. The van der Waals surface area contributed by atoms with E-state index in [-0.39, 0.29) is 0 Å². The lowest BCUT2D eigenvalue weighted by Crippen LogP contribution is -2.23. The molecule has 0 saturated heterocycles. The van der Waals surface area contributed by atoms with Crippen LogP contribution >= 0.6 is 11.3 Å². The van der Waals surface area contributed by atoms with Gasteiger partial charge < -0.3 is 5.32 Å². The van der Waals surface area contributed by atoms with Crippen molar-refractivity contribution in [3.8, 4) is 0 Å². The van der Waals surface area contributed by atoms with Gasteiger partial charge in [-0.1, -0.05) is 12.1 Å². The van der Waals surface area contributed by atoms with E-state index in [0.717, 1.165) is 12.1 Å². The highest BCUT2D eigenvalue weighted by Gasteiger charge is 2.46. The lowest BCUT2D eigenvalue weighted by atomic mass is 10.1. The zero-order chi connectivity index (χ0) is 10.3. The summed E-state index contributed by atoms with van der Waals surface area (Å²) in [4.78, 5) is 4.74. The first-order chi connectivity index (χ1) is 7.34. The average molecular weight is 218 g/mol. The Hall–Kier alpha value is -0.930. The Morgan fingerprint density at radius 2 is 2.20 bits per heavy atom. The highest BCUT2D eigenvalue weighted by molar-refractivity contribution is 7.18. The average Bonchev–Trinajstić information content (AvgIpc) is 2.91. The molecule has 3 rings (SSSR count). The van der Waals surface area contributed by atoms with Crippen LogP contribution in [-0.4, -0.2) is 18.6 Å². The van der Waals surface area contributed by atoms with Crippen LogP contribution in [0.2, 0.25) is 0 Å². The number of hydrogen-bond acceptors (Lipinski definition) is 3. The summed E-state index contributed by atoms with van der Waals surface area (Å²) in [5.74, 6) is 0. The number of nitrogens with zero attached hydrogens (tertiary/aromatic N) is 1. The maximum Gasteiger partial charge on any atom is 0.101 e. The van der Waals surface area contributed by atoms with Gasteiger partial charge in [-0.05, 0) is 32.0 Å². The topological polar surface area (TPSA) is 24.9 Å². The summed E-state index contributed by atoms with van der Waals surface area (Å²) in [5.41, 5.74) is 1.51. The highest BCUT2D eigenvalue weighted by atomic mass is 32.1. The lowest BCUT2D eigenvalue weighted by molar-refractivity contribution is 0.621. The first kappa shape index (κ1) is 9.31. The van der Waals surface area contributed by atoms with Gasteiger partial charge in [-0.15, -0.1) is 11.3 Å². The number of fused-ring (bicyclic) bond motifs is 1. The molecule has 0 bridgehead atoms. The van der Waals surface area contributed by atoms with Crippen molar-refractivity contribution >= 4 is 21.6 Å². The molecule has 1 aliphatic carbocycles. The summed E-state index contributed by atoms with van der Waals surface area (Å²) in [6, 6.07) is 8.40. The van der Waals surface area contributed by atoms with Crippen LogP contribution in [0.1, 0.15) is 17.8 Å². The van der Waals surface area contributed by atoms with E-state index in [0.29, 0.717) is 5.41 Å². The molecule has 0 radical (unpaired) electrons. The molecular formula is C12H14N2S. The second-order valence-electron chi connectivity index (χ2n) is 4.30. The minimum atomic E-state index is 0.360. The summed E-state index contributed by atoms with van der Waals surface area (Å²) in [6.07, 6.45) is 2.57. The van der Waals surface area contributed by atoms with Gasteiger partial charge in [0.2, 0.25) is 0 Å². The molecule has 0 amide bonds. The van der Waals surface area contributed by atoms with Crippen molar-refractivity contribution in [2.45, 2.75) is 18.3 Å². The number of hydrogen-bond donors (Lipinski definition) is 1. The lowest BCUT2D eigenvalue weighted by Gasteiger charge is -2.09. The predicted molar refractivity (Wildman–Crippen MR) is 64.5 cm³/mol. The molecular weight excluding hydrogens is 204 g/mol. The molecule has 1 N–H and O–H groups in total. The van der Waals surface area contributed by atoms with E-state index >= 15 is 0 Å². The first-order valence-corrected chi connectivity index (χ1v) is 6.16. The van der Waals surface area contributed by atoms with Crippen molar-refractivity contribution in [1.29, 1.82) is 0 Å². The summed E-state index contributed by atoms with van der Waals surface area (Å²) in [5, 5.41) is 4.60. The van der Waals surface area contributed by atoms with Crippen molar-refractivity contribution in [2.24, 2.45) is 0 Å². The van der Waals surface area contributed by atoms with Crippen molar-refractivity contribution in [1.82, 2.24) is 10.3 Å². The summed E-state index contributed by atoms with van der Waals surface area (Å²) < 4.78 is 1.31. The van der Waals surface area contributed by atoms with Crippen LogP contribution in [0.3, 0.4) is 0 Å². The SMILES string of the molecule is CNCC1(c2nc3ccccc3s2)CC1. The maximum absolute atomic E-state index is 4.74. The Bertz CT molecular complexity index is 452. The number of para-hydroxylation sites is 1. The van der Waals surface area contributed by atoms with E-state index in [2.05, 4.69) is 29.6 Å². The van der Waals surface area contributed by atoms with Crippen molar-refractivity contribution in [3.05, 3.63) is 29.3 Å². The van der Waals surface area contributed by atoms with Crippen molar-refractivity contribution < 1.29 is 0 Å². The van der Waals surface area contributed by atoms with E-state index in [4.69, 9.17) is 4.98 Å². The normalized spacial score (nSPS) is 18.2. The zero-order valence-electron chi connectivity index (χ0n) is 8.79. The number of likely N-dealkylation sites (N-methyl/N-ethyl adjacent to an activating group) is 1. The van der Waals surface area contributed by atoms with Crippen molar-refractivity contribution in [2.75, 3.05) is 13.6 Å². The highest BCUT2D eigenvalue weighted by Crippen LogP contribution is 2.49. The molecule has 0 spiro atoms. The summed E-state index contributed by atoms with van der Waals surface area (Å²) in [7, 11) is 2.02. The van der Waals surface area contributed by atoms with E-state index in [9.17, 15) is 0 Å². The number of aromatic nitrogens is 1. The monoisotopic (exact) mass is 218 g/mol. The van der Waals surface area contributed by atoms with Gasteiger partial charge in [-0.2, -0.15) is 0 Å². The van der Waals surface area contributed by atoms with Crippen LogP contribution in [0.15, 0.2) is 24.3 Å². The van der Waals surface area contributed by atoms with E-state index in [1.54, 1.807) is 0 Å². The third kappa shape index (κ3) is 1.46. The van der Waals surface area contributed by atoms with Gasteiger partial charge in [0.1, 0.15) is 5.01 Å². The summed E-state index contributed by atoms with van der Waals surface area (Å²) >= 11 is 1.86. The molecule has 1 aromatic carbocycles. The van der Waals surface area contributed by atoms with E-state index < -0.39 is 0 Å². The third-order valence-corrected chi connectivity index (χ3v) is 4.40. The fourth-order valence-electron chi connectivity index (χ4n) is 2.05. The van der Waals surface area contributed by atoms with Crippen LogP contribution in [0.25, 0.3) is 10.2 Å². The molecule has 0 unspecified atom stereocenters. The molecule has 3 heteroatoms. The smallest absolute Gasteiger partial charge is 0.101 e. The molecule has 78 valence electrons. The third-order valence-electron chi connectivity index (χ3n) is 3.12. The van der Waals surface area contributed by atoms with Gasteiger partial charge in [-0.3, -0.25) is 0 Å². The molecule has 1 heterocycles. The Morgan fingerprint density at radius 1 is 1.40 bits per heavy atom.